The molecule has 56 heavy (non-hydrogen) atoms. The van der Waals surface area contributed by atoms with Gasteiger partial charge in [-0.1, -0.05) is 82.8 Å². The van der Waals surface area contributed by atoms with Gasteiger partial charge in [-0.15, -0.1) is 11.6 Å². The standard InChI is InChI=1S/C40H39BrCl2N6O6S/c41-29-15-11-26(12-16-29)35-22-36(49(47-35)38(51)23-42)27-13-17-30(18-14-27)55-25-37(50)44-19-3-1-2-4-20-45-40(52)28-7-5-8-31(21-28)56(53,54)48-34-10-6-9-32-33(43)24-46-39(32)34/h5-18,21,24,36,46,48H,1-4,19-20,22-23,25H2,(H,44,50)(H,45,52). The molecule has 1 atom stereocenters. The summed E-state index contributed by atoms with van der Waals surface area (Å²) in [4.78, 5) is 40.7. The molecule has 4 N–H and O–H groups in total. The van der Waals surface area contributed by atoms with Crippen molar-refractivity contribution in [3.63, 3.8) is 0 Å². The third-order valence-corrected chi connectivity index (χ3v) is 11.6. The summed E-state index contributed by atoms with van der Waals surface area (Å²) < 4.78 is 35.5. The molecule has 0 spiro atoms. The quantitative estimate of drug-likeness (QED) is 0.0551. The number of ether oxygens (including phenoxy) is 1. The first-order chi connectivity index (χ1) is 27.0. The van der Waals surface area contributed by atoms with Crippen molar-refractivity contribution >= 4 is 89.2 Å². The monoisotopic (exact) mass is 880 g/mol. The molecular weight excluding hydrogens is 843 g/mol. The maximum atomic E-state index is 13.2. The average Bonchev–Trinajstić information content (AvgIpc) is 3.83. The molecule has 5 aromatic rings. The van der Waals surface area contributed by atoms with Crippen LogP contribution in [-0.2, 0) is 19.6 Å². The molecule has 1 unspecified atom stereocenters. The van der Waals surface area contributed by atoms with Crippen LogP contribution in [0.25, 0.3) is 10.9 Å². The Balaban J connectivity index is 0.867. The van der Waals surface area contributed by atoms with Gasteiger partial charge in [-0.05, 0) is 72.5 Å². The Bertz CT molecular complexity index is 2340. The summed E-state index contributed by atoms with van der Waals surface area (Å²) in [5.41, 5.74) is 3.73. The molecule has 1 aromatic heterocycles. The van der Waals surface area contributed by atoms with Crippen LogP contribution < -0.4 is 20.1 Å². The van der Waals surface area contributed by atoms with Gasteiger partial charge in [0.25, 0.3) is 27.7 Å². The second-order valence-electron chi connectivity index (χ2n) is 13.0. The fourth-order valence-electron chi connectivity index (χ4n) is 6.21. The fourth-order valence-corrected chi connectivity index (χ4v) is 7.93. The van der Waals surface area contributed by atoms with Crippen LogP contribution in [-0.4, -0.2) is 67.4 Å². The SMILES string of the molecule is O=C(COc1ccc(C2CC(c3ccc(Br)cc3)=NN2C(=O)CCl)cc1)NCCCCCCNC(=O)c1cccc(S(=O)(=O)Nc2cccc3c(Cl)c[nH]c23)c1. The van der Waals surface area contributed by atoms with Crippen LogP contribution in [0.15, 0.2) is 112 Å². The Morgan fingerprint density at radius 2 is 1.62 bits per heavy atom. The Morgan fingerprint density at radius 3 is 2.36 bits per heavy atom. The molecule has 12 nitrogen and oxygen atoms in total. The van der Waals surface area contributed by atoms with Crippen molar-refractivity contribution in [1.29, 1.82) is 0 Å². The number of unbranched alkanes of at least 4 members (excludes halogenated alkanes) is 3. The summed E-state index contributed by atoms with van der Waals surface area (Å²) in [5, 5.41) is 12.9. The zero-order valence-corrected chi connectivity index (χ0v) is 34.0. The van der Waals surface area contributed by atoms with Crippen LogP contribution in [0.1, 0.15) is 59.6 Å². The molecule has 1 aliphatic heterocycles. The van der Waals surface area contributed by atoms with Gasteiger partial charge in [0.1, 0.15) is 11.6 Å². The van der Waals surface area contributed by atoms with Crippen LogP contribution >= 0.6 is 39.1 Å². The van der Waals surface area contributed by atoms with E-state index < -0.39 is 10.0 Å². The number of hydrogen-bond acceptors (Lipinski definition) is 7. The van der Waals surface area contributed by atoms with E-state index in [1.165, 1.54) is 23.2 Å². The first-order valence-electron chi connectivity index (χ1n) is 17.9. The number of nitrogens with one attached hydrogen (secondary N) is 4. The van der Waals surface area contributed by atoms with E-state index in [9.17, 15) is 22.8 Å². The normalized spacial score (nSPS) is 14.0. The number of rotatable bonds is 17. The van der Waals surface area contributed by atoms with Crippen LogP contribution in [0.5, 0.6) is 5.75 Å². The van der Waals surface area contributed by atoms with Gasteiger partial charge in [-0.25, -0.2) is 13.4 Å². The Kier molecular flexibility index (Phi) is 13.7. The molecule has 3 amide bonds. The smallest absolute Gasteiger partial charge is 0.261 e. The van der Waals surface area contributed by atoms with Crippen molar-refractivity contribution in [3.05, 3.63) is 123 Å². The summed E-state index contributed by atoms with van der Waals surface area (Å²) in [7, 11) is -3.98. The number of amides is 3. The summed E-state index contributed by atoms with van der Waals surface area (Å²) >= 11 is 15.5. The zero-order valence-electron chi connectivity index (χ0n) is 30.1. The van der Waals surface area contributed by atoms with E-state index in [0.29, 0.717) is 46.9 Å². The van der Waals surface area contributed by atoms with Crippen molar-refractivity contribution in [1.82, 2.24) is 20.6 Å². The lowest BCUT2D eigenvalue weighted by atomic mass is 9.98. The number of sulfonamides is 1. The number of anilines is 1. The van der Waals surface area contributed by atoms with Gasteiger partial charge in [0.2, 0.25) is 0 Å². The largest absolute Gasteiger partial charge is 0.484 e. The third kappa shape index (κ3) is 10.3. The number of hydrazone groups is 1. The fraction of sp³-hybridized carbons (Fsp3) is 0.250. The number of fused-ring (bicyclic) bond motifs is 1. The van der Waals surface area contributed by atoms with Crippen molar-refractivity contribution in [2.45, 2.75) is 43.0 Å². The number of halogens is 3. The molecule has 1 aliphatic rings. The second kappa shape index (κ2) is 18.8. The third-order valence-electron chi connectivity index (χ3n) is 9.12. The molecule has 4 aromatic carbocycles. The van der Waals surface area contributed by atoms with E-state index >= 15 is 0 Å². The average molecular weight is 883 g/mol. The molecule has 0 saturated carbocycles. The Labute approximate surface area is 343 Å². The van der Waals surface area contributed by atoms with Gasteiger partial charge >= 0.3 is 0 Å². The predicted molar refractivity (Wildman–Crippen MR) is 222 cm³/mol. The molecule has 292 valence electrons. The minimum Gasteiger partial charge on any atom is -0.484 e. The molecule has 0 aliphatic carbocycles. The van der Waals surface area contributed by atoms with Crippen LogP contribution in [0.2, 0.25) is 5.02 Å². The van der Waals surface area contributed by atoms with Gasteiger partial charge in [0.05, 0.1) is 32.9 Å². The number of alkyl halides is 1. The molecule has 0 bridgehead atoms. The summed E-state index contributed by atoms with van der Waals surface area (Å²) in [6.45, 7) is 0.768. The van der Waals surface area contributed by atoms with Crippen molar-refractivity contribution in [2.75, 3.05) is 30.3 Å². The number of para-hydroxylation sites is 1. The van der Waals surface area contributed by atoms with E-state index in [1.807, 2.05) is 36.4 Å². The minimum absolute atomic E-state index is 0.0413. The highest BCUT2D eigenvalue weighted by Gasteiger charge is 2.32. The van der Waals surface area contributed by atoms with Gasteiger partial charge < -0.3 is 20.4 Å². The highest BCUT2D eigenvalue weighted by Crippen LogP contribution is 2.34. The second-order valence-corrected chi connectivity index (χ2v) is 16.3. The van der Waals surface area contributed by atoms with Crippen LogP contribution in [0.3, 0.4) is 0 Å². The van der Waals surface area contributed by atoms with E-state index in [-0.39, 0.29) is 46.7 Å². The number of benzene rings is 4. The molecular formula is C40H39BrCl2N6O6S. The zero-order chi connectivity index (χ0) is 39.7. The molecule has 0 saturated heterocycles. The number of aromatic nitrogens is 1. The minimum atomic E-state index is -3.98. The number of hydrogen-bond donors (Lipinski definition) is 4. The van der Waals surface area contributed by atoms with Crippen molar-refractivity contribution in [2.24, 2.45) is 5.10 Å². The van der Waals surface area contributed by atoms with E-state index in [1.54, 1.807) is 42.6 Å². The van der Waals surface area contributed by atoms with Crippen LogP contribution in [0, 0.1) is 0 Å². The number of nitrogens with zero attached hydrogens (tertiary/aromatic N) is 2. The van der Waals surface area contributed by atoms with E-state index in [0.717, 1.165) is 47.0 Å². The summed E-state index contributed by atoms with van der Waals surface area (Å²) in [6.07, 6.45) is 5.27. The topological polar surface area (TPSA) is 162 Å². The van der Waals surface area contributed by atoms with Gasteiger partial charge in [-0.3, -0.25) is 19.1 Å². The first-order valence-corrected chi connectivity index (χ1v) is 21.1. The molecule has 16 heteroatoms. The number of carbonyl (C=O) groups excluding carboxylic acids is 3. The maximum absolute atomic E-state index is 13.2. The van der Waals surface area contributed by atoms with Gasteiger partial charge in [-0.2, -0.15) is 5.10 Å². The van der Waals surface area contributed by atoms with Crippen LogP contribution in [0.4, 0.5) is 5.69 Å². The lowest BCUT2D eigenvalue weighted by Gasteiger charge is -2.21. The summed E-state index contributed by atoms with van der Waals surface area (Å²) in [5.74, 6) is -0.559. The van der Waals surface area contributed by atoms with E-state index in [4.69, 9.17) is 27.9 Å². The number of H-pyrrole nitrogens is 1. The Morgan fingerprint density at radius 1 is 0.911 bits per heavy atom. The highest BCUT2D eigenvalue weighted by atomic mass is 79.9. The lowest BCUT2D eigenvalue weighted by Crippen LogP contribution is -2.29. The number of carbonyl (C=O) groups is 3. The summed E-state index contributed by atoms with van der Waals surface area (Å²) in [6, 6.07) is 25.7. The predicted octanol–water partition coefficient (Wildman–Crippen LogP) is 7.79. The molecule has 0 radical (unpaired) electrons. The van der Waals surface area contributed by atoms with Gasteiger partial charge in [0.15, 0.2) is 6.61 Å². The maximum Gasteiger partial charge on any atom is 0.261 e. The molecule has 0 fully saturated rings. The highest BCUT2D eigenvalue weighted by molar-refractivity contribution is 9.10. The van der Waals surface area contributed by atoms with Crippen molar-refractivity contribution < 1.29 is 27.5 Å². The molecule has 2 heterocycles. The number of aromatic amines is 1. The first kappa shape index (κ1) is 40.8. The Hall–Kier alpha value is -4.89. The molecule has 6 rings (SSSR count). The van der Waals surface area contributed by atoms with Crippen molar-refractivity contribution in [3.8, 4) is 5.75 Å². The lowest BCUT2D eigenvalue weighted by molar-refractivity contribution is -0.130. The van der Waals surface area contributed by atoms with Gasteiger partial charge in [0, 0.05) is 41.1 Å². The van der Waals surface area contributed by atoms with E-state index in [2.05, 4.69) is 41.4 Å².